The number of aliphatic hydroxyl groups is 2. The zero-order chi connectivity index (χ0) is 43.7. The molecular formula is C54H107NO5. The fourth-order valence-corrected chi connectivity index (χ4v) is 8.70. The molecule has 0 saturated heterocycles. The SMILES string of the molecule is CCCCCCCCCCCCCCCCCCC(=O)OCCCCCCCCCCCCCCCCCCC(=O)NC(CO)C(O)CCCCCCCCCCCCC. The van der Waals surface area contributed by atoms with E-state index in [1.807, 2.05) is 0 Å². The van der Waals surface area contributed by atoms with Crippen LogP contribution in [0.1, 0.15) is 309 Å². The van der Waals surface area contributed by atoms with E-state index >= 15 is 0 Å². The van der Waals surface area contributed by atoms with E-state index in [4.69, 9.17) is 4.74 Å². The van der Waals surface area contributed by atoms with Gasteiger partial charge in [0.05, 0.1) is 25.4 Å². The van der Waals surface area contributed by atoms with Gasteiger partial charge in [-0.25, -0.2) is 0 Å². The zero-order valence-electron chi connectivity index (χ0n) is 40.7. The smallest absolute Gasteiger partial charge is 0.305 e. The van der Waals surface area contributed by atoms with Crippen LogP contribution in [0.3, 0.4) is 0 Å². The normalized spacial score (nSPS) is 12.5. The molecule has 60 heavy (non-hydrogen) atoms. The number of rotatable bonds is 51. The first-order valence-electron chi connectivity index (χ1n) is 27.3. The van der Waals surface area contributed by atoms with E-state index in [0.717, 1.165) is 38.5 Å². The average molecular weight is 850 g/mol. The second kappa shape index (κ2) is 50.5. The van der Waals surface area contributed by atoms with Crippen LogP contribution in [0.15, 0.2) is 0 Å². The van der Waals surface area contributed by atoms with E-state index in [1.165, 1.54) is 238 Å². The van der Waals surface area contributed by atoms with Gasteiger partial charge in [0.25, 0.3) is 0 Å². The minimum atomic E-state index is -0.666. The van der Waals surface area contributed by atoms with Gasteiger partial charge in [-0.1, -0.05) is 271 Å². The van der Waals surface area contributed by atoms with Crippen molar-refractivity contribution >= 4 is 11.9 Å². The summed E-state index contributed by atoms with van der Waals surface area (Å²) in [5.41, 5.74) is 0. The third kappa shape index (κ3) is 46.4. The molecule has 0 aromatic rings. The predicted octanol–water partition coefficient (Wildman–Crippen LogP) is 16.4. The molecule has 1 amide bonds. The maximum Gasteiger partial charge on any atom is 0.305 e. The molecular weight excluding hydrogens is 743 g/mol. The molecule has 0 spiro atoms. The van der Waals surface area contributed by atoms with Crippen LogP contribution < -0.4 is 5.32 Å². The maximum atomic E-state index is 12.4. The molecule has 0 rings (SSSR count). The molecule has 6 nitrogen and oxygen atoms in total. The van der Waals surface area contributed by atoms with Gasteiger partial charge in [-0.2, -0.15) is 0 Å². The number of hydrogen-bond acceptors (Lipinski definition) is 5. The van der Waals surface area contributed by atoms with Crippen LogP contribution in [-0.2, 0) is 14.3 Å². The molecule has 0 saturated carbocycles. The minimum Gasteiger partial charge on any atom is -0.466 e. The molecule has 0 fully saturated rings. The Hall–Kier alpha value is -1.14. The molecule has 358 valence electrons. The summed E-state index contributed by atoms with van der Waals surface area (Å²) >= 11 is 0. The fraction of sp³-hybridized carbons (Fsp3) is 0.963. The van der Waals surface area contributed by atoms with Gasteiger partial charge in [-0.05, 0) is 25.7 Å². The number of carbonyl (C=O) groups is 2. The number of ether oxygens (including phenoxy) is 1. The number of aliphatic hydroxyl groups excluding tert-OH is 2. The van der Waals surface area contributed by atoms with Crippen LogP contribution in [0, 0.1) is 0 Å². The van der Waals surface area contributed by atoms with Crippen LogP contribution in [0.5, 0.6) is 0 Å². The van der Waals surface area contributed by atoms with Crippen molar-refractivity contribution in [2.45, 2.75) is 321 Å². The van der Waals surface area contributed by atoms with Crippen LogP contribution in [0.25, 0.3) is 0 Å². The highest BCUT2D eigenvalue weighted by Gasteiger charge is 2.20. The third-order valence-electron chi connectivity index (χ3n) is 12.9. The van der Waals surface area contributed by atoms with E-state index < -0.39 is 12.1 Å². The van der Waals surface area contributed by atoms with Gasteiger partial charge >= 0.3 is 5.97 Å². The van der Waals surface area contributed by atoms with Crippen molar-refractivity contribution in [3.05, 3.63) is 0 Å². The Bertz CT molecular complexity index is 852. The van der Waals surface area contributed by atoms with Gasteiger partial charge in [0, 0.05) is 12.8 Å². The van der Waals surface area contributed by atoms with Crippen LogP contribution in [0.4, 0.5) is 0 Å². The molecule has 0 aliphatic heterocycles. The molecule has 0 bridgehead atoms. The predicted molar refractivity (Wildman–Crippen MR) is 260 cm³/mol. The summed E-state index contributed by atoms with van der Waals surface area (Å²) < 4.78 is 5.48. The molecule has 2 atom stereocenters. The summed E-state index contributed by atoms with van der Waals surface area (Å²) in [5.74, 6) is -0.0341. The Balaban J connectivity index is 3.38. The second-order valence-electron chi connectivity index (χ2n) is 18.9. The number of hydrogen-bond donors (Lipinski definition) is 3. The Morgan fingerprint density at radius 1 is 0.400 bits per heavy atom. The largest absolute Gasteiger partial charge is 0.466 e. The maximum absolute atomic E-state index is 12.4. The first-order chi connectivity index (χ1) is 29.5. The summed E-state index contributed by atoms with van der Waals surface area (Å²) in [6.07, 6.45) is 56.5. The standard InChI is InChI=1S/C54H107NO5/c1-3-5-7-9-11-13-15-16-17-21-24-28-32-36-40-44-48-54(59)60-49-45-41-37-33-29-25-22-19-18-20-23-27-31-35-39-43-47-53(58)55-51(50-56)52(57)46-42-38-34-30-26-14-12-10-8-6-4-2/h51-52,56-57H,3-50H2,1-2H3,(H,55,58). The number of amides is 1. The highest BCUT2D eigenvalue weighted by atomic mass is 16.5. The number of esters is 1. The number of carbonyl (C=O) groups excluding carboxylic acids is 2. The molecule has 0 aromatic heterocycles. The molecule has 0 heterocycles. The van der Waals surface area contributed by atoms with Crippen molar-refractivity contribution in [3.63, 3.8) is 0 Å². The van der Waals surface area contributed by atoms with Crippen molar-refractivity contribution in [2.24, 2.45) is 0 Å². The van der Waals surface area contributed by atoms with E-state index in [9.17, 15) is 19.8 Å². The third-order valence-corrected chi connectivity index (χ3v) is 12.9. The fourth-order valence-electron chi connectivity index (χ4n) is 8.70. The van der Waals surface area contributed by atoms with Gasteiger partial charge < -0.3 is 20.3 Å². The van der Waals surface area contributed by atoms with Crippen molar-refractivity contribution < 1.29 is 24.5 Å². The highest BCUT2D eigenvalue weighted by Crippen LogP contribution is 2.17. The topological polar surface area (TPSA) is 95.9 Å². The van der Waals surface area contributed by atoms with Gasteiger partial charge in [0.1, 0.15) is 0 Å². The van der Waals surface area contributed by atoms with E-state index in [2.05, 4.69) is 19.2 Å². The first kappa shape index (κ1) is 58.9. The number of nitrogens with one attached hydrogen (secondary N) is 1. The van der Waals surface area contributed by atoms with E-state index in [-0.39, 0.29) is 18.5 Å². The second-order valence-corrected chi connectivity index (χ2v) is 18.9. The molecule has 0 radical (unpaired) electrons. The molecule has 0 aliphatic carbocycles. The zero-order valence-corrected chi connectivity index (χ0v) is 40.7. The van der Waals surface area contributed by atoms with E-state index in [1.54, 1.807) is 0 Å². The Kier molecular flexibility index (Phi) is 49.5. The monoisotopic (exact) mass is 850 g/mol. The average Bonchev–Trinajstić information content (AvgIpc) is 3.25. The first-order valence-corrected chi connectivity index (χ1v) is 27.3. The summed E-state index contributed by atoms with van der Waals surface area (Å²) in [7, 11) is 0. The van der Waals surface area contributed by atoms with Crippen molar-refractivity contribution in [1.29, 1.82) is 0 Å². The summed E-state index contributed by atoms with van der Waals surface area (Å²) in [4.78, 5) is 24.5. The molecule has 6 heteroatoms. The minimum absolute atomic E-state index is 0.00714. The van der Waals surface area contributed by atoms with Crippen LogP contribution in [0.2, 0.25) is 0 Å². The molecule has 2 unspecified atom stereocenters. The lowest BCUT2D eigenvalue weighted by Crippen LogP contribution is -2.45. The molecule has 3 N–H and O–H groups in total. The Labute approximate surface area is 375 Å². The summed E-state index contributed by atoms with van der Waals surface area (Å²) in [6.45, 7) is 4.95. The quantitative estimate of drug-likeness (QED) is 0.0418. The lowest BCUT2D eigenvalue weighted by molar-refractivity contribution is -0.143. The Morgan fingerprint density at radius 2 is 0.683 bits per heavy atom. The van der Waals surface area contributed by atoms with Gasteiger partial charge in [0.15, 0.2) is 0 Å². The lowest BCUT2D eigenvalue weighted by Gasteiger charge is -2.22. The van der Waals surface area contributed by atoms with Gasteiger partial charge in [0.2, 0.25) is 5.91 Å². The van der Waals surface area contributed by atoms with Gasteiger partial charge in [-0.3, -0.25) is 9.59 Å². The van der Waals surface area contributed by atoms with Crippen LogP contribution >= 0.6 is 0 Å². The van der Waals surface area contributed by atoms with Crippen molar-refractivity contribution in [2.75, 3.05) is 13.2 Å². The molecule has 0 aliphatic rings. The van der Waals surface area contributed by atoms with Crippen LogP contribution in [-0.4, -0.2) is 47.4 Å². The number of unbranched alkanes of at least 4 members (excludes halogenated alkanes) is 40. The highest BCUT2D eigenvalue weighted by molar-refractivity contribution is 5.76. The van der Waals surface area contributed by atoms with Crippen molar-refractivity contribution in [1.82, 2.24) is 5.32 Å². The lowest BCUT2D eigenvalue weighted by atomic mass is 10.0. The summed E-state index contributed by atoms with van der Waals surface area (Å²) in [5, 5.41) is 23.1. The van der Waals surface area contributed by atoms with Crippen molar-refractivity contribution in [3.8, 4) is 0 Å². The summed E-state index contributed by atoms with van der Waals surface area (Å²) in [6, 6.07) is -0.543. The van der Waals surface area contributed by atoms with Gasteiger partial charge in [-0.15, -0.1) is 0 Å². The van der Waals surface area contributed by atoms with E-state index in [0.29, 0.717) is 25.9 Å². The Morgan fingerprint density at radius 3 is 1.02 bits per heavy atom. The molecule has 0 aromatic carbocycles.